The molecule has 0 aliphatic heterocycles. The molecule has 36 heavy (non-hydrogen) atoms. The fourth-order valence-electron chi connectivity index (χ4n) is 3.84. The molecule has 2 aromatic carbocycles. The number of nitrogens with zero attached hydrogens (tertiary/aromatic N) is 2. The van der Waals surface area contributed by atoms with Crippen molar-refractivity contribution in [2.75, 3.05) is 5.32 Å². The summed E-state index contributed by atoms with van der Waals surface area (Å²) < 4.78 is 28.7. The number of carbonyl (C=O) groups is 2. The van der Waals surface area contributed by atoms with Gasteiger partial charge in [0, 0.05) is 24.9 Å². The first-order chi connectivity index (χ1) is 17.2. The summed E-state index contributed by atoms with van der Waals surface area (Å²) in [5.74, 6) is -3.26. The van der Waals surface area contributed by atoms with Gasteiger partial charge < -0.3 is 20.8 Å². The van der Waals surface area contributed by atoms with Gasteiger partial charge in [0.25, 0.3) is 5.56 Å². The molecule has 9 nitrogen and oxygen atoms in total. The number of rotatable bonds is 6. The van der Waals surface area contributed by atoms with Crippen LogP contribution in [-0.2, 0) is 11.8 Å². The Morgan fingerprint density at radius 3 is 2.61 bits per heavy atom. The number of hydrogen-bond acceptors (Lipinski definition) is 5. The Balaban J connectivity index is 1.64. The van der Waals surface area contributed by atoms with Gasteiger partial charge in [-0.05, 0) is 41.5 Å². The molecule has 0 aliphatic carbocycles. The second-order valence-electron chi connectivity index (χ2n) is 7.96. The van der Waals surface area contributed by atoms with Crippen LogP contribution in [0.3, 0.4) is 0 Å². The highest BCUT2D eigenvalue weighted by atomic mass is 19.1. The highest BCUT2D eigenvalue weighted by molar-refractivity contribution is 5.96. The van der Waals surface area contributed by atoms with E-state index in [1.165, 1.54) is 37.5 Å². The summed E-state index contributed by atoms with van der Waals surface area (Å²) in [6.45, 7) is 0. The smallest absolute Gasteiger partial charge is 0.319 e. The maximum absolute atomic E-state index is 14.3. The summed E-state index contributed by atoms with van der Waals surface area (Å²) in [7, 11) is 1.42. The van der Waals surface area contributed by atoms with E-state index >= 15 is 0 Å². The molecule has 0 fully saturated rings. The topological polar surface area (TPSA) is 134 Å². The quantitative estimate of drug-likeness (QED) is 0.321. The molecule has 0 radical (unpaired) electrons. The van der Waals surface area contributed by atoms with E-state index in [2.05, 4.69) is 15.6 Å². The van der Waals surface area contributed by atoms with E-state index in [-0.39, 0.29) is 16.6 Å². The summed E-state index contributed by atoms with van der Waals surface area (Å²) in [4.78, 5) is 41.0. The number of carboxylic acids is 1. The zero-order valence-corrected chi connectivity index (χ0v) is 18.8. The molecule has 2 aromatic heterocycles. The number of aromatic nitrogens is 2. The van der Waals surface area contributed by atoms with Crippen LogP contribution in [0.25, 0.3) is 22.2 Å². The molecule has 4 rings (SSSR count). The third-order valence-corrected chi connectivity index (χ3v) is 5.57. The highest BCUT2D eigenvalue weighted by Crippen LogP contribution is 2.29. The van der Waals surface area contributed by atoms with Crippen LogP contribution in [0.15, 0.2) is 65.6 Å². The van der Waals surface area contributed by atoms with Gasteiger partial charge in [0.1, 0.15) is 17.3 Å². The highest BCUT2D eigenvalue weighted by Gasteiger charge is 2.22. The number of amides is 2. The first-order valence-electron chi connectivity index (χ1n) is 10.7. The summed E-state index contributed by atoms with van der Waals surface area (Å²) in [6.07, 6.45) is 0.915. The largest absolute Gasteiger partial charge is 0.505 e. The predicted octanol–water partition coefficient (Wildman–Crippen LogP) is 3.92. The standard InChI is InChI=1S/C25H20F2N4O5/c1-31-23-17(6-3-9-28-23)22(34)21(24(31)35)30-25(36)29-19(12-20(32)33)14-5-2-4-13(10-14)16-8-7-15(26)11-18(16)27/h2-11,19,34H,12H2,1H3,(H,32,33)(H2,29,30,36)/t19-/m0/s1. The van der Waals surface area contributed by atoms with Gasteiger partial charge in [-0.15, -0.1) is 0 Å². The fourth-order valence-corrected chi connectivity index (χ4v) is 3.84. The van der Waals surface area contributed by atoms with E-state index in [1.807, 2.05) is 0 Å². The number of aliphatic carboxylic acids is 1. The van der Waals surface area contributed by atoms with Crippen molar-refractivity contribution in [1.82, 2.24) is 14.9 Å². The number of carboxylic acid groups (broad SMARTS) is 1. The number of carbonyl (C=O) groups excluding carboxylic acids is 1. The van der Waals surface area contributed by atoms with Crippen molar-refractivity contribution in [3.05, 3.63) is 88.3 Å². The monoisotopic (exact) mass is 494 g/mol. The number of hydrogen-bond donors (Lipinski definition) is 4. The summed E-state index contributed by atoms with van der Waals surface area (Å²) in [5.41, 5.74) is -0.164. The van der Waals surface area contributed by atoms with Crippen LogP contribution in [0, 0.1) is 11.6 Å². The lowest BCUT2D eigenvalue weighted by Gasteiger charge is -2.19. The lowest BCUT2D eigenvalue weighted by Crippen LogP contribution is -2.36. The molecule has 4 N–H and O–H groups in total. The molecule has 184 valence electrons. The van der Waals surface area contributed by atoms with E-state index < -0.39 is 53.1 Å². The van der Waals surface area contributed by atoms with E-state index in [1.54, 1.807) is 18.2 Å². The second kappa shape index (κ2) is 9.82. The molecule has 0 unspecified atom stereocenters. The molecular weight excluding hydrogens is 474 g/mol. The molecule has 0 spiro atoms. The maximum atomic E-state index is 14.3. The average molecular weight is 494 g/mol. The average Bonchev–Trinajstić information content (AvgIpc) is 2.84. The fraction of sp³-hybridized carbons (Fsp3) is 0.120. The minimum absolute atomic E-state index is 0.0926. The van der Waals surface area contributed by atoms with Crippen LogP contribution >= 0.6 is 0 Å². The summed E-state index contributed by atoms with van der Waals surface area (Å²) >= 11 is 0. The molecule has 0 bridgehead atoms. The minimum atomic E-state index is -1.23. The van der Waals surface area contributed by atoms with Crippen LogP contribution in [0.2, 0.25) is 0 Å². The van der Waals surface area contributed by atoms with Crippen LogP contribution in [0.5, 0.6) is 5.75 Å². The van der Waals surface area contributed by atoms with Crippen LogP contribution in [-0.4, -0.2) is 31.8 Å². The SMILES string of the molecule is Cn1c(=O)c(NC(=O)N[C@@H](CC(=O)O)c2cccc(-c3ccc(F)cc3F)c2)c(O)c2cccnc21. The minimum Gasteiger partial charge on any atom is -0.505 e. The zero-order valence-electron chi connectivity index (χ0n) is 18.8. The van der Waals surface area contributed by atoms with Crippen LogP contribution in [0.1, 0.15) is 18.0 Å². The summed E-state index contributed by atoms with van der Waals surface area (Å²) in [6, 6.07) is 10.2. The number of aromatic hydroxyl groups is 1. The Kier molecular flexibility index (Phi) is 6.64. The van der Waals surface area contributed by atoms with Crippen molar-refractivity contribution in [3.63, 3.8) is 0 Å². The van der Waals surface area contributed by atoms with Crippen molar-refractivity contribution < 1.29 is 28.6 Å². The van der Waals surface area contributed by atoms with Gasteiger partial charge >= 0.3 is 12.0 Å². The molecule has 11 heteroatoms. The zero-order chi connectivity index (χ0) is 26.0. The van der Waals surface area contributed by atoms with Gasteiger partial charge in [0.05, 0.1) is 17.8 Å². The molecule has 0 saturated carbocycles. The molecule has 0 saturated heterocycles. The van der Waals surface area contributed by atoms with Gasteiger partial charge in [0.2, 0.25) is 0 Å². The number of aryl methyl sites for hydroxylation is 1. The second-order valence-corrected chi connectivity index (χ2v) is 7.96. The number of nitrogens with one attached hydrogen (secondary N) is 2. The Bertz CT molecular complexity index is 1550. The van der Waals surface area contributed by atoms with Crippen molar-refractivity contribution >= 4 is 28.7 Å². The molecule has 0 aliphatic rings. The number of benzene rings is 2. The first kappa shape index (κ1) is 24.3. The molecule has 2 heterocycles. The Hall–Kier alpha value is -4.80. The number of anilines is 1. The maximum Gasteiger partial charge on any atom is 0.319 e. The Labute approximate surface area is 202 Å². The van der Waals surface area contributed by atoms with E-state index in [9.17, 15) is 33.4 Å². The molecule has 2 amide bonds. The van der Waals surface area contributed by atoms with E-state index in [4.69, 9.17) is 0 Å². The summed E-state index contributed by atoms with van der Waals surface area (Å²) in [5, 5.41) is 24.9. The van der Waals surface area contributed by atoms with E-state index in [0.29, 0.717) is 11.1 Å². The van der Waals surface area contributed by atoms with E-state index in [0.717, 1.165) is 16.7 Å². The van der Waals surface area contributed by atoms with Crippen molar-refractivity contribution in [3.8, 4) is 16.9 Å². The number of urea groups is 1. The van der Waals surface area contributed by atoms with Crippen LogP contribution < -0.4 is 16.2 Å². The van der Waals surface area contributed by atoms with Crippen molar-refractivity contribution in [1.29, 1.82) is 0 Å². The number of fused-ring (bicyclic) bond motifs is 1. The number of pyridine rings is 2. The first-order valence-corrected chi connectivity index (χ1v) is 10.7. The van der Waals surface area contributed by atoms with Crippen molar-refractivity contribution in [2.24, 2.45) is 7.05 Å². The van der Waals surface area contributed by atoms with Crippen molar-refractivity contribution in [2.45, 2.75) is 12.5 Å². The van der Waals surface area contributed by atoms with Gasteiger partial charge in [-0.3, -0.25) is 14.2 Å². The number of halogens is 2. The Morgan fingerprint density at radius 1 is 1.11 bits per heavy atom. The third kappa shape index (κ3) is 4.85. The molecular formula is C25H20F2N4O5. The third-order valence-electron chi connectivity index (χ3n) is 5.57. The Morgan fingerprint density at radius 2 is 1.89 bits per heavy atom. The molecule has 4 aromatic rings. The predicted molar refractivity (Wildman–Crippen MR) is 128 cm³/mol. The lowest BCUT2D eigenvalue weighted by molar-refractivity contribution is -0.137. The lowest BCUT2D eigenvalue weighted by atomic mass is 9.97. The van der Waals surface area contributed by atoms with Gasteiger partial charge in [-0.2, -0.15) is 0 Å². The van der Waals surface area contributed by atoms with Gasteiger partial charge in [-0.1, -0.05) is 18.2 Å². The van der Waals surface area contributed by atoms with Crippen LogP contribution in [0.4, 0.5) is 19.3 Å². The normalized spacial score (nSPS) is 11.8. The molecule has 1 atom stereocenters. The van der Waals surface area contributed by atoms with Gasteiger partial charge in [-0.25, -0.2) is 18.6 Å². The van der Waals surface area contributed by atoms with Gasteiger partial charge in [0.15, 0.2) is 11.4 Å².